The van der Waals surface area contributed by atoms with Gasteiger partial charge in [0.1, 0.15) is 5.76 Å². The van der Waals surface area contributed by atoms with Crippen LogP contribution in [0.2, 0.25) is 0 Å². The molecule has 5 heteroatoms. The molecule has 1 radical (unpaired) electrons. The molecule has 4 nitrogen and oxygen atoms in total. The van der Waals surface area contributed by atoms with Crippen molar-refractivity contribution in [3.63, 3.8) is 0 Å². The minimum atomic E-state index is -2.17. The van der Waals surface area contributed by atoms with Crippen molar-refractivity contribution < 1.29 is 17.9 Å². The van der Waals surface area contributed by atoms with E-state index >= 15 is 0 Å². The molecule has 1 aliphatic carbocycles. The Labute approximate surface area is 77.0 Å². The summed E-state index contributed by atoms with van der Waals surface area (Å²) < 4.78 is 25.8. The number of rotatable bonds is 3. The molecular formula is C8H7O4S. The second-order valence-electron chi connectivity index (χ2n) is 2.28. The number of allylic oxidation sites excluding steroid dienone is 3. The highest BCUT2D eigenvalue weighted by atomic mass is 32.2. The van der Waals surface area contributed by atoms with Crippen LogP contribution in [0.4, 0.5) is 0 Å². The van der Waals surface area contributed by atoms with Crippen LogP contribution in [0.15, 0.2) is 24.0 Å². The van der Waals surface area contributed by atoms with Crippen LogP contribution in [0.3, 0.4) is 0 Å². The first-order chi connectivity index (χ1) is 6.24. The van der Waals surface area contributed by atoms with E-state index in [0.29, 0.717) is 17.0 Å². The third-order valence-electron chi connectivity index (χ3n) is 1.45. The molecule has 0 amide bonds. The fourth-order valence-electron chi connectivity index (χ4n) is 0.856. The van der Waals surface area contributed by atoms with Gasteiger partial charge >= 0.3 is 0 Å². The average molecular weight is 199 g/mol. The van der Waals surface area contributed by atoms with Crippen molar-refractivity contribution in [1.82, 2.24) is 0 Å². The molecule has 0 aromatic rings. The molecule has 0 saturated carbocycles. The van der Waals surface area contributed by atoms with Crippen molar-refractivity contribution in [1.29, 1.82) is 0 Å². The molecule has 0 atom stereocenters. The fourth-order valence-corrected chi connectivity index (χ4v) is 1.25. The lowest BCUT2D eigenvalue weighted by Gasteiger charge is -2.05. The summed E-state index contributed by atoms with van der Waals surface area (Å²) in [4.78, 5) is 10.1. The van der Waals surface area contributed by atoms with Gasteiger partial charge in [-0.25, -0.2) is 0 Å². The minimum absolute atomic E-state index is 0.133. The molecule has 1 rings (SSSR count). The van der Waals surface area contributed by atoms with Crippen molar-refractivity contribution in [3.05, 3.63) is 24.0 Å². The van der Waals surface area contributed by atoms with Gasteiger partial charge in [0, 0.05) is 6.42 Å². The number of ether oxygens (including phenoxy) is 1. The summed E-state index contributed by atoms with van der Waals surface area (Å²) in [5.74, 6) is 0.498. The smallest absolute Gasteiger partial charge is 0.239 e. The second-order valence-corrected chi connectivity index (χ2v) is 3.27. The lowest BCUT2D eigenvalue weighted by atomic mass is 10.2. The standard InChI is InChI=1S/C8H7O4S/c9-5-6-12-7-1-3-8(4-2-7)13(10)11/h1-3H,4,6H2. The summed E-state index contributed by atoms with van der Waals surface area (Å²) in [6.45, 7) is -0.133. The molecule has 69 valence electrons. The van der Waals surface area contributed by atoms with E-state index in [0.717, 1.165) is 0 Å². The quantitative estimate of drug-likeness (QED) is 0.601. The Balaban J connectivity index is 2.65. The van der Waals surface area contributed by atoms with Crippen LogP contribution >= 0.6 is 0 Å². The van der Waals surface area contributed by atoms with E-state index in [1.165, 1.54) is 12.2 Å². The highest BCUT2D eigenvalue weighted by molar-refractivity contribution is 7.73. The summed E-state index contributed by atoms with van der Waals surface area (Å²) in [6, 6.07) is 0. The summed E-state index contributed by atoms with van der Waals surface area (Å²) >= 11 is 0. The van der Waals surface area contributed by atoms with Crippen molar-refractivity contribution in [2.45, 2.75) is 6.42 Å². The topological polar surface area (TPSA) is 60.4 Å². The van der Waals surface area contributed by atoms with Gasteiger partial charge in [0.05, 0.1) is 4.86 Å². The molecule has 0 N–H and O–H groups in total. The van der Waals surface area contributed by atoms with E-state index < -0.39 is 10.3 Å². The maximum absolute atomic E-state index is 10.5. The molecule has 0 heterocycles. The molecular weight excluding hydrogens is 192 g/mol. The molecule has 13 heavy (non-hydrogen) atoms. The largest absolute Gasteiger partial charge is 0.486 e. The highest BCUT2D eigenvalue weighted by Crippen LogP contribution is 2.08. The van der Waals surface area contributed by atoms with Gasteiger partial charge in [-0.05, 0) is 18.2 Å². The average Bonchev–Trinajstić information content (AvgIpc) is 2.15. The molecule has 0 unspecified atom stereocenters. The number of hydrogen-bond acceptors (Lipinski definition) is 4. The van der Waals surface area contributed by atoms with Gasteiger partial charge in [-0.3, -0.25) is 4.79 Å². The van der Waals surface area contributed by atoms with E-state index in [2.05, 4.69) is 0 Å². The highest BCUT2D eigenvalue weighted by Gasteiger charge is 2.03. The van der Waals surface area contributed by atoms with Gasteiger partial charge in [-0.15, -0.1) is 0 Å². The van der Waals surface area contributed by atoms with Gasteiger partial charge in [0.25, 0.3) is 0 Å². The molecule has 0 aromatic heterocycles. The minimum Gasteiger partial charge on any atom is -0.486 e. The van der Waals surface area contributed by atoms with Crippen LogP contribution in [0, 0.1) is 0 Å². The van der Waals surface area contributed by atoms with E-state index in [1.54, 1.807) is 12.4 Å². The summed E-state index contributed by atoms with van der Waals surface area (Å²) in [5.41, 5.74) is 0. The molecule has 0 bridgehead atoms. The lowest BCUT2D eigenvalue weighted by Crippen LogP contribution is -2.02. The lowest BCUT2D eigenvalue weighted by molar-refractivity contribution is 0.267. The zero-order valence-electron chi connectivity index (χ0n) is 6.69. The molecule has 0 aliphatic heterocycles. The van der Waals surface area contributed by atoms with Crippen LogP contribution in [0.25, 0.3) is 0 Å². The molecule has 1 aliphatic rings. The monoisotopic (exact) mass is 199 g/mol. The zero-order valence-corrected chi connectivity index (χ0v) is 7.50. The zero-order chi connectivity index (χ0) is 9.68. The fraction of sp³-hybridized carbons (Fsp3) is 0.250. The van der Waals surface area contributed by atoms with E-state index in [4.69, 9.17) is 4.74 Å². The Morgan fingerprint density at radius 3 is 2.69 bits per heavy atom. The predicted octanol–water partition coefficient (Wildman–Crippen LogP) is 0.00800. The Kier molecular flexibility index (Phi) is 3.45. The van der Waals surface area contributed by atoms with E-state index in [-0.39, 0.29) is 6.61 Å². The van der Waals surface area contributed by atoms with Crippen LogP contribution in [0.5, 0.6) is 0 Å². The van der Waals surface area contributed by atoms with Crippen molar-refractivity contribution in [3.8, 4) is 0 Å². The van der Waals surface area contributed by atoms with Crippen molar-refractivity contribution >= 4 is 21.4 Å². The second kappa shape index (κ2) is 4.61. The first-order valence-corrected chi connectivity index (χ1v) is 4.62. The first kappa shape index (κ1) is 9.73. The molecule has 0 spiro atoms. The van der Waals surface area contributed by atoms with Crippen LogP contribution in [-0.4, -0.2) is 26.2 Å². The van der Waals surface area contributed by atoms with E-state index in [1.807, 2.05) is 0 Å². The van der Waals surface area contributed by atoms with Gasteiger partial charge in [-0.2, -0.15) is 8.42 Å². The third-order valence-corrected chi connectivity index (χ3v) is 2.18. The van der Waals surface area contributed by atoms with Crippen LogP contribution in [0.1, 0.15) is 6.42 Å². The van der Waals surface area contributed by atoms with Crippen molar-refractivity contribution in [2.24, 2.45) is 0 Å². The predicted molar refractivity (Wildman–Crippen MR) is 47.4 cm³/mol. The first-order valence-electron chi connectivity index (χ1n) is 3.55. The Morgan fingerprint density at radius 2 is 2.23 bits per heavy atom. The molecule has 0 aromatic carbocycles. The SMILES string of the molecule is O=[C]COC1=CCC(=S(=O)=O)C=C1. The third kappa shape index (κ3) is 2.87. The van der Waals surface area contributed by atoms with Gasteiger partial charge in [0.15, 0.2) is 6.61 Å². The molecule has 0 saturated heterocycles. The summed E-state index contributed by atoms with van der Waals surface area (Å²) in [7, 11) is -2.17. The summed E-state index contributed by atoms with van der Waals surface area (Å²) in [6.07, 6.45) is 6.43. The number of carbonyl (C=O) groups excluding carboxylic acids is 1. The summed E-state index contributed by atoms with van der Waals surface area (Å²) in [5, 5.41) is 0. The van der Waals surface area contributed by atoms with Crippen LogP contribution in [-0.2, 0) is 19.8 Å². The maximum Gasteiger partial charge on any atom is 0.239 e. The Hall–Kier alpha value is -1.36. The maximum atomic E-state index is 10.5. The Morgan fingerprint density at radius 1 is 1.46 bits per heavy atom. The van der Waals surface area contributed by atoms with Crippen LogP contribution < -0.4 is 0 Å². The molecule has 0 fully saturated rings. The number of hydrogen-bond donors (Lipinski definition) is 0. The van der Waals surface area contributed by atoms with Gasteiger partial charge < -0.3 is 4.74 Å². The van der Waals surface area contributed by atoms with Crippen molar-refractivity contribution in [2.75, 3.05) is 6.61 Å². The normalized spacial score (nSPS) is 15.1. The van der Waals surface area contributed by atoms with Gasteiger partial charge in [0.2, 0.25) is 16.6 Å². The van der Waals surface area contributed by atoms with E-state index in [9.17, 15) is 13.2 Å². The Bertz CT molecular complexity index is 378. The van der Waals surface area contributed by atoms with Gasteiger partial charge in [-0.1, -0.05) is 0 Å².